The Morgan fingerprint density at radius 3 is 2.57 bits per heavy atom. The van der Waals surface area contributed by atoms with Crippen molar-refractivity contribution < 1.29 is 10.0 Å². The van der Waals surface area contributed by atoms with Crippen molar-refractivity contribution in [3.05, 3.63) is 0 Å². The molecule has 1 aliphatic rings. The molecule has 0 aromatic rings. The number of likely N-dealkylation sites (N-methyl/N-ethyl adjacent to an activating group) is 1. The largest absolute Gasteiger partial charge is 0.387 e. The Morgan fingerprint density at radius 1 is 1.71 bits per heavy atom. The van der Waals surface area contributed by atoms with E-state index in [1.807, 2.05) is 0 Å². The highest BCUT2D eigenvalue weighted by Crippen LogP contribution is 1.88. The Labute approximate surface area is 43.7 Å². The molecule has 1 saturated heterocycles. The summed E-state index contributed by atoms with van der Waals surface area (Å²) in [5, 5.41) is 8.88. The van der Waals surface area contributed by atoms with Gasteiger partial charge < -0.3 is 10.0 Å². The highest BCUT2D eigenvalue weighted by Gasteiger charge is 2.19. The molecule has 1 aliphatic heterocycles. The molecular formula is C5H12NO+. The Kier molecular flexibility index (Phi) is 1.30. The summed E-state index contributed by atoms with van der Waals surface area (Å²) in [5.74, 6) is 0. The topological polar surface area (TPSA) is 24.7 Å². The summed E-state index contributed by atoms with van der Waals surface area (Å²) in [5.41, 5.74) is 0. The summed E-state index contributed by atoms with van der Waals surface area (Å²) < 4.78 is 0. The van der Waals surface area contributed by atoms with E-state index < -0.39 is 0 Å². The monoisotopic (exact) mass is 102 g/mol. The number of likely N-dealkylation sites (tertiary alicyclic amines) is 1. The Morgan fingerprint density at radius 2 is 2.43 bits per heavy atom. The van der Waals surface area contributed by atoms with Crippen LogP contribution in [0.15, 0.2) is 0 Å². The predicted molar refractivity (Wildman–Crippen MR) is 27.2 cm³/mol. The first-order chi connectivity index (χ1) is 3.29. The predicted octanol–water partition coefficient (Wildman–Crippen LogP) is -1.73. The third kappa shape index (κ3) is 1.14. The maximum absolute atomic E-state index is 8.88. The average Bonchev–Trinajstić information content (AvgIpc) is 1.87. The minimum absolute atomic E-state index is 0.0139. The van der Waals surface area contributed by atoms with Gasteiger partial charge in [0, 0.05) is 6.42 Å². The van der Waals surface area contributed by atoms with Gasteiger partial charge in [-0.1, -0.05) is 0 Å². The fourth-order valence-electron chi connectivity index (χ4n) is 1.02. The number of nitrogens with one attached hydrogen (secondary N) is 1. The van der Waals surface area contributed by atoms with Gasteiger partial charge in [0.25, 0.3) is 0 Å². The molecule has 1 rings (SSSR count). The molecule has 0 radical (unpaired) electrons. The molecule has 7 heavy (non-hydrogen) atoms. The summed E-state index contributed by atoms with van der Waals surface area (Å²) in [7, 11) is 2.11. The van der Waals surface area contributed by atoms with Gasteiger partial charge in [-0.05, 0) is 0 Å². The molecule has 0 aliphatic carbocycles. The van der Waals surface area contributed by atoms with E-state index in [-0.39, 0.29) is 6.10 Å². The first kappa shape index (κ1) is 5.06. The second kappa shape index (κ2) is 1.80. The van der Waals surface area contributed by atoms with Crippen molar-refractivity contribution in [1.29, 1.82) is 0 Å². The van der Waals surface area contributed by atoms with E-state index in [0.29, 0.717) is 0 Å². The van der Waals surface area contributed by atoms with Gasteiger partial charge in [-0.15, -0.1) is 0 Å². The molecule has 0 bridgehead atoms. The summed E-state index contributed by atoms with van der Waals surface area (Å²) in [4.78, 5) is 1.45. The van der Waals surface area contributed by atoms with Crippen LogP contribution in [0.2, 0.25) is 0 Å². The summed E-state index contributed by atoms with van der Waals surface area (Å²) in [6.45, 7) is 2.08. The lowest BCUT2D eigenvalue weighted by Gasteiger charge is -2.00. The maximum Gasteiger partial charge on any atom is 0.108 e. The van der Waals surface area contributed by atoms with Gasteiger partial charge in [0.2, 0.25) is 0 Å². The van der Waals surface area contributed by atoms with Crippen molar-refractivity contribution in [3.63, 3.8) is 0 Å². The summed E-state index contributed by atoms with van der Waals surface area (Å²) in [6.07, 6.45) is 0.978. The average molecular weight is 102 g/mol. The number of quaternary nitrogens is 1. The highest BCUT2D eigenvalue weighted by atomic mass is 16.3. The molecule has 0 spiro atoms. The summed E-state index contributed by atoms with van der Waals surface area (Å²) in [6, 6.07) is 0. The van der Waals surface area contributed by atoms with Crippen LogP contribution in [0.25, 0.3) is 0 Å². The number of aliphatic hydroxyl groups is 1. The number of aliphatic hydroxyl groups excluding tert-OH is 1. The van der Waals surface area contributed by atoms with Crippen LogP contribution in [-0.2, 0) is 0 Å². The van der Waals surface area contributed by atoms with E-state index in [0.717, 1.165) is 19.5 Å². The van der Waals surface area contributed by atoms with E-state index in [1.54, 1.807) is 0 Å². The van der Waals surface area contributed by atoms with Crippen molar-refractivity contribution in [2.24, 2.45) is 0 Å². The van der Waals surface area contributed by atoms with Crippen LogP contribution >= 0.6 is 0 Å². The molecule has 42 valence electrons. The lowest BCUT2D eigenvalue weighted by atomic mass is 10.3. The Bertz CT molecular complexity index is 57.1. The van der Waals surface area contributed by atoms with Crippen molar-refractivity contribution >= 4 is 0 Å². The Hall–Kier alpha value is -0.0800. The number of hydrogen-bond acceptors (Lipinski definition) is 1. The number of hydrogen-bond donors (Lipinski definition) is 2. The second-order valence-corrected chi connectivity index (χ2v) is 2.35. The van der Waals surface area contributed by atoms with Gasteiger partial charge in [-0.3, -0.25) is 0 Å². The Balaban J connectivity index is 2.26. The van der Waals surface area contributed by atoms with Crippen LogP contribution in [0, 0.1) is 0 Å². The van der Waals surface area contributed by atoms with Gasteiger partial charge in [0.15, 0.2) is 0 Å². The molecule has 0 aromatic heterocycles. The third-order valence-corrected chi connectivity index (χ3v) is 1.49. The van der Waals surface area contributed by atoms with Gasteiger partial charge >= 0.3 is 0 Å². The SMILES string of the molecule is C[NH+]1CC[C@@H](O)C1. The van der Waals surface area contributed by atoms with E-state index in [9.17, 15) is 0 Å². The number of rotatable bonds is 0. The van der Waals surface area contributed by atoms with Gasteiger partial charge in [-0.2, -0.15) is 0 Å². The zero-order valence-electron chi connectivity index (χ0n) is 4.65. The molecular weight excluding hydrogens is 90.1 g/mol. The lowest BCUT2D eigenvalue weighted by Crippen LogP contribution is -3.07. The molecule has 0 amide bonds. The van der Waals surface area contributed by atoms with Crippen molar-refractivity contribution in [2.45, 2.75) is 12.5 Å². The van der Waals surface area contributed by atoms with Crippen LogP contribution in [0.4, 0.5) is 0 Å². The quantitative estimate of drug-likeness (QED) is 0.373. The van der Waals surface area contributed by atoms with Crippen LogP contribution < -0.4 is 4.90 Å². The minimum atomic E-state index is -0.0139. The van der Waals surface area contributed by atoms with Crippen molar-refractivity contribution in [1.82, 2.24) is 0 Å². The molecule has 2 N–H and O–H groups in total. The molecule has 0 aromatic carbocycles. The fraction of sp³-hybridized carbons (Fsp3) is 1.00. The van der Waals surface area contributed by atoms with E-state index in [2.05, 4.69) is 7.05 Å². The van der Waals surface area contributed by atoms with Crippen LogP contribution in [0.3, 0.4) is 0 Å². The van der Waals surface area contributed by atoms with Crippen LogP contribution in [0.5, 0.6) is 0 Å². The molecule has 1 unspecified atom stereocenters. The normalized spacial score (nSPS) is 42.0. The van der Waals surface area contributed by atoms with Gasteiger partial charge in [-0.25, -0.2) is 0 Å². The smallest absolute Gasteiger partial charge is 0.108 e. The zero-order valence-corrected chi connectivity index (χ0v) is 4.65. The van der Waals surface area contributed by atoms with Crippen molar-refractivity contribution in [3.8, 4) is 0 Å². The third-order valence-electron chi connectivity index (χ3n) is 1.49. The van der Waals surface area contributed by atoms with E-state index >= 15 is 0 Å². The summed E-state index contributed by atoms with van der Waals surface area (Å²) >= 11 is 0. The molecule has 1 heterocycles. The molecule has 0 saturated carbocycles. The first-order valence-corrected chi connectivity index (χ1v) is 2.78. The molecule has 2 nitrogen and oxygen atoms in total. The van der Waals surface area contributed by atoms with Gasteiger partial charge in [0.1, 0.15) is 12.6 Å². The van der Waals surface area contributed by atoms with Crippen LogP contribution in [-0.4, -0.2) is 31.3 Å². The molecule has 1 fully saturated rings. The first-order valence-electron chi connectivity index (χ1n) is 2.78. The van der Waals surface area contributed by atoms with E-state index in [4.69, 9.17) is 5.11 Å². The minimum Gasteiger partial charge on any atom is -0.387 e. The standard InChI is InChI=1S/C5H11NO/c1-6-3-2-5(7)4-6/h5,7H,2-4H2,1H3/p+1/t5-/m1/s1. The van der Waals surface area contributed by atoms with Gasteiger partial charge in [0.05, 0.1) is 13.6 Å². The molecule has 2 heteroatoms. The maximum atomic E-state index is 8.88. The fourth-order valence-corrected chi connectivity index (χ4v) is 1.02. The van der Waals surface area contributed by atoms with Crippen LogP contribution in [0.1, 0.15) is 6.42 Å². The van der Waals surface area contributed by atoms with E-state index in [1.165, 1.54) is 4.90 Å². The lowest BCUT2D eigenvalue weighted by molar-refractivity contribution is -0.867. The zero-order chi connectivity index (χ0) is 5.28. The highest BCUT2D eigenvalue weighted by molar-refractivity contribution is 4.55. The van der Waals surface area contributed by atoms with Crippen molar-refractivity contribution in [2.75, 3.05) is 20.1 Å². The second-order valence-electron chi connectivity index (χ2n) is 2.35. The molecule has 2 atom stereocenters.